The molecule has 0 unspecified atom stereocenters. The van der Waals surface area contributed by atoms with Gasteiger partial charge in [0.15, 0.2) is 12.2 Å². The molecular formula is C54H81N15O18S2. The molecule has 2 saturated heterocycles. The Morgan fingerprint density at radius 2 is 1.24 bits per heavy atom. The number of aromatic hydroxyl groups is 1. The molecule has 2 aromatic carbocycles. The number of nitrogens with zero attached hydrogens (tertiary/aromatic N) is 2. The number of nitrogens with one attached hydrogen (secondary N) is 8. The van der Waals surface area contributed by atoms with E-state index in [2.05, 4.69) is 72.8 Å². The molecule has 2 aliphatic heterocycles. The summed E-state index contributed by atoms with van der Waals surface area (Å²) in [6.45, 7) is -1.86. The van der Waals surface area contributed by atoms with Crippen LogP contribution in [-0.2, 0) is 75.1 Å². The molecule has 0 radical (unpaired) electrons. The van der Waals surface area contributed by atoms with Gasteiger partial charge in [0.2, 0.25) is 65.0 Å². The highest BCUT2D eigenvalue weighted by Crippen LogP contribution is 2.23. The van der Waals surface area contributed by atoms with E-state index in [1.807, 2.05) is 0 Å². The number of amides is 11. The van der Waals surface area contributed by atoms with E-state index in [4.69, 9.17) is 38.1 Å². The zero-order valence-corrected chi connectivity index (χ0v) is 50.2. The van der Waals surface area contributed by atoms with Crippen molar-refractivity contribution < 1.29 is 87.7 Å². The minimum atomic E-state index is -1.90. The second-order valence-electron chi connectivity index (χ2n) is 20.8. The standard InChI is InChI=1S/C54H81N15O18S2/c55-30(25-88)45(78)65-33(21-28-10-12-29(71)13-11-28)49(82)66-34(20-27-6-2-1-3-7-27)48(81)63-32(14-15-41(74)60-17-19-86-53-44(77)43(76)42(75)38(24-70)87-53)47(80)67-35(22-39(56)72)50(83)68-36(26-89)52(85)69-18-5-9-37(69)51(84)64-31(8-4-16-61-54(58)59)46(79)62-23-40(57)73/h1-3,6-7,10-13,30-38,42-44,53,70-71,75-77,88-89H,4-5,8-9,14-26,55H2,(H2,56,72)(H2,57,73)(H,60,74)(H,62,79)(H,63,81)(H,64,84)(H,65,78)(H,66,82)(H,67,80)(H,68,83)(H4,58,59,61)/t30-,31-,32-,33-,34-,35-,36-,37-,38+,42+,43-,44+,53+/m0/s1. The summed E-state index contributed by atoms with van der Waals surface area (Å²) in [5.74, 6) is -11.1. The topological polar surface area (TPSA) is 549 Å². The van der Waals surface area contributed by atoms with Gasteiger partial charge in [0.25, 0.3) is 0 Å². The van der Waals surface area contributed by atoms with Crippen molar-refractivity contribution in [2.75, 3.05) is 50.9 Å². The van der Waals surface area contributed by atoms with Gasteiger partial charge in [-0.15, -0.1) is 0 Å². The number of aliphatic hydroxyl groups is 4. The number of benzene rings is 2. The number of rotatable bonds is 36. The van der Waals surface area contributed by atoms with E-state index >= 15 is 0 Å². The molecule has 0 saturated carbocycles. The third-order valence-electron chi connectivity index (χ3n) is 14.0. The van der Waals surface area contributed by atoms with Crippen molar-refractivity contribution in [3.8, 4) is 5.75 Å². The van der Waals surface area contributed by atoms with Crippen molar-refractivity contribution in [3.05, 3.63) is 65.7 Å². The molecule has 35 heteroatoms. The number of likely N-dealkylation sites (tertiary alicyclic amines) is 1. The third-order valence-corrected chi connectivity index (χ3v) is 14.8. The number of aliphatic imine (C=N–C) groups is 1. The predicted molar refractivity (Wildman–Crippen MR) is 322 cm³/mol. The second kappa shape index (κ2) is 37.2. The average molecular weight is 1290 g/mol. The summed E-state index contributed by atoms with van der Waals surface area (Å²) in [5, 5.41) is 70.0. The molecule has 89 heavy (non-hydrogen) atoms. The maximum atomic E-state index is 14.7. The zero-order chi connectivity index (χ0) is 65.9. The highest BCUT2D eigenvalue weighted by molar-refractivity contribution is 7.80. The van der Waals surface area contributed by atoms with Crippen LogP contribution >= 0.6 is 25.3 Å². The van der Waals surface area contributed by atoms with Gasteiger partial charge in [0.1, 0.15) is 72.5 Å². The van der Waals surface area contributed by atoms with Crippen LogP contribution in [0.1, 0.15) is 56.1 Å². The molecule has 0 aromatic heterocycles. The van der Waals surface area contributed by atoms with E-state index in [1.54, 1.807) is 30.3 Å². The maximum absolute atomic E-state index is 14.7. The fourth-order valence-corrected chi connectivity index (χ4v) is 9.64. The van der Waals surface area contributed by atoms with Crippen LogP contribution in [0.3, 0.4) is 0 Å². The van der Waals surface area contributed by atoms with Crippen molar-refractivity contribution in [1.29, 1.82) is 0 Å². The summed E-state index contributed by atoms with van der Waals surface area (Å²) in [6.07, 6.45) is -9.85. The van der Waals surface area contributed by atoms with E-state index in [1.165, 1.54) is 24.3 Å². The number of nitrogens with two attached hydrogens (primary N) is 5. The van der Waals surface area contributed by atoms with Crippen LogP contribution in [0.15, 0.2) is 59.6 Å². The molecule has 0 bridgehead atoms. The lowest BCUT2D eigenvalue weighted by Crippen LogP contribution is -2.61. The number of carbonyl (C=O) groups excluding carboxylic acids is 11. The van der Waals surface area contributed by atoms with Crippen LogP contribution < -0.4 is 71.2 Å². The number of ether oxygens (including phenoxy) is 2. The number of phenolic OH excluding ortho intramolecular Hbond substituents is 1. The summed E-state index contributed by atoms with van der Waals surface area (Å²) >= 11 is 8.35. The maximum Gasteiger partial charge on any atom is 0.246 e. The lowest BCUT2D eigenvalue weighted by Gasteiger charge is -2.39. The summed E-state index contributed by atoms with van der Waals surface area (Å²) < 4.78 is 10.8. The van der Waals surface area contributed by atoms with Gasteiger partial charge in [0.05, 0.1) is 32.2 Å². The quantitative estimate of drug-likeness (QED) is 0.0130. The molecule has 33 nitrogen and oxygen atoms in total. The molecule has 2 fully saturated rings. The molecule has 23 N–H and O–H groups in total. The van der Waals surface area contributed by atoms with Crippen LogP contribution in [0.5, 0.6) is 5.75 Å². The number of phenols is 1. The summed E-state index contributed by atoms with van der Waals surface area (Å²) in [5.41, 5.74) is 28.4. The highest BCUT2D eigenvalue weighted by Gasteiger charge is 2.44. The van der Waals surface area contributed by atoms with Gasteiger partial charge in [-0.25, -0.2) is 0 Å². The Kier molecular flexibility index (Phi) is 30.7. The van der Waals surface area contributed by atoms with Gasteiger partial charge in [0, 0.05) is 50.4 Å². The largest absolute Gasteiger partial charge is 0.508 e. The predicted octanol–water partition coefficient (Wildman–Crippen LogP) is -8.49. The number of carbonyl (C=O) groups is 11. The van der Waals surface area contributed by atoms with Crippen LogP contribution in [0.4, 0.5) is 0 Å². The van der Waals surface area contributed by atoms with E-state index in [0.717, 1.165) is 4.90 Å². The number of thiol groups is 2. The Morgan fingerprint density at radius 1 is 0.663 bits per heavy atom. The SMILES string of the molecule is NC(=O)CNC(=O)[C@H](CCCN=C(N)N)NC(=O)[C@@H]1CCCN1C(=O)[C@H](CS)NC(=O)[C@H](CC(N)=O)NC(=O)[C@H](CCC(=O)NCCO[C@@H]1O[C@H](CO)[C@@H](O)[C@H](O)[C@H]1O)NC(=O)[C@H](Cc1ccccc1)NC(=O)[C@H](Cc1ccc(O)cc1)NC(=O)[C@@H](N)CS. The first-order valence-corrected chi connectivity index (χ1v) is 29.5. The highest BCUT2D eigenvalue weighted by atomic mass is 32.1. The smallest absolute Gasteiger partial charge is 0.246 e. The molecular weight excluding hydrogens is 1210 g/mol. The van der Waals surface area contributed by atoms with Crippen molar-refractivity contribution in [1.82, 2.24) is 47.4 Å². The Morgan fingerprint density at radius 3 is 1.83 bits per heavy atom. The van der Waals surface area contributed by atoms with E-state index in [9.17, 15) is 78.3 Å². The monoisotopic (exact) mass is 1290 g/mol. The van der Waals surface area contributed by atoms with E-state index in [0.29, 0.717) is 17.5 Å². The minimum Gasteiger partial charge on any atom is -0.508 e. The van der Waals surface area contributed by atoms with Gasteiger partial charge in [-0.2, -0.15) is 25.3 Å². The summed E-state index contributed by atoms with van der Waals surface area (Å²) in [4.78, 5) is 154. The fraction of sp³-hybridized carbons (Fsp3) is 0.556. The van der Waals surface area contributed by atoms with Crippen molar-refractivity contribution in [2.45, 2.75) is 137 Å². The average Bonchev–Trinajstić information content (AvgIpc) is 2.87. The Bertz CT molecular complexity index is 2770. The van der Waals surface area contributed by atoms with Gasteiger partial charge >= 0.3 is 0 Å². The zero-order valence-electron chi connectivity index (χ0n) is 48.4. The molecule has 2 aliphatic rings. The molecule has 13 atom stereocenters. The first kappa shape index (κ1) is 73.6. The number of hydrogen-bond donors (Lipinski definition) is 20. The van der Waals surface area contributed by atoms with Gasteiger partial charge in [-0.05, 0) is 55.4 Å². The number of aliphatic hydroxyl groups excluding tert-OH is 4. The van der Waals surface area contributed by atoms with Crippen LogP contribution in [-0.4, -0.2) is 231 Å². The number of guanidine groups is 1. The number of hydrogen-bond acceptors (Lipinski definition) is 22. The first-order chi connectivity index (χ1) is 42.3. The van der Waals surface area contributed by atoms with Gasteiger partial charge < -0.3 is 111 Å². The van der Waals surface area contributed by atoms with Crippen LogP contribution in [0.2, 0.25) is 0 Å². The third kappa shape index (κ3) is 24.2. The molecule has 2 aromatic rings. The molecule has 0 aliphatic carbocycles. The van der Waals surface area contributed by atoms with E-state index in [-0.39, 0.29) is 75.8 Å². The van der Waals surface area contributed by atoms with Gasteiger partial charge in [-0.3, -0.25) is 57.7 Å². The number of primary amides is 2. The lowest BCUT2D eigenvalue weighted by molar-refractivity contribution is -0.300. The Hall–Kier alpha value is -7.90. The van der Waals surface area contributed by atoms with Crippen molar-refractivity contribution in [2.24, 2.45) is 33.7 Å². The van der Waals surface area contributed by atoms with Crippen molar-refractivity contribution >= 4 is 96.2 Å². The Balaban J connectivity index is 1.61. The van der Waals surface area contributed by atoms with E-state index < -0.39 is 182 Å². The fourth-order valence-electron chi connectivity index (χ4n) is 9.23. The molecule has 4 rings (SSSR count). The molecule has 0 spiro atoms. The molecule has 492 valence electrons. The van der Waals surface area contributed by atoms with Crippen LogP contribution in [0, 0.1) is 0 Å². The Labute approximate surface area is 522 Å². The van der Waals surface area contributed by atoms with Gasteiger partial charge in [-0.1, -0.05) is 42.5 Å². The summed E-state index contributed by atoms with van der Waals surface area (Å²) in [7, 11) is 0. The second-order valence-corrected chi connectivity index (χ2v) is 21.6. The normalized spacial score (nSPS) is 20.3. The van der Waals surface area contributed by atoms with Crippen molar-refractivity contribution in [3.63, 3.8) is 0 Å². The molecule has 2 heterocycles. The molecule has 11 amide bonds. The lowest BCUT2D eigenvalue weighted by atomic mass is 9.99. The van der Waals surface area contributed by atoms with Crippen LogP contribution in [0.25, 0.3) is 0 Å². The summed E-state index contributed by atoms with van der Waals surface area (Å²) in [6, 6.07) is 2.15. The minimum absolute atomic E-state index is 0.00849. The first-order valence-electron chi connectivity index (χ1n) is 28.3.